The number of sulfonamides is 1. The van der Waals surface area contributed by atoms with Crippen LogP contribution in [0.2, 0.25) is 0 Å². The number of nitrogens with one attached hydrogen (secondary N) is 2. The van der Waals surface area contributed by atoms with Crippen LogP contribution in [0.1, 0.15) is 31.5 Å². The summed E-state index contributed by atoms with van der Waals surface area (Å²) in [5, 5.41) is -0.0621. The second-order valence-electron chi connectivity index (χ2n) is 5.04. The van der Waals surface area contributed by atoms with E-state index in [0.29, 0.717) is 5.82 Å². The molecule has 1 aromatic heterocycles. The number of rotatable bonds is 3. The van der Waals surface area contributed by atoms with E-state index in [-0.39, 0.29) is 30.7 Å². The second-order valence-corrected chi connectivity index (χ2v) is 6.73. The average Bonchev–Trinajstić information content (AvgIpc) is 2.76. The number of imidazole rings is 1. The van der Waals surface area contributed by atoms with Gasteiger partial charge in [-0.15, -0.1) is 0 Å². The Labute approximate surface area is 115 Å². The van der Waals surface area contributed by atoms with Crippen LogP contribution in [0, 0.1) is 12.8 Å². The SMILES string of the molecule is Cc1ncc(S(=O)(=O)NC2CCC(C(F)(F)F)CC2)[nH]1. The molecule has 20 heavy (non-hydrogen) atoms. The highest BCUT2D eigenvalue weighted by Crippen LogP contribution is 2.37. The topological polar surface area (TPSA) is 74.8 Å². The zero-order chi connectivity index (χ0) is 15.0. The summed E-state index contributed by atoms with van der Waals surface area (Å²) in [6.45, 7) is 1.62. The standard InChI is InChI=1S/C11H16F3N3O2S/c1-7-15-6-10(16-7)20(18,19)17-9-4-2-8(3-5-9)11(12,13)14/h6,8-9,17H,2-5H2,1H3,(H,15,16). The molecule has 0 aliphatic heterocycles. The van der Waals surface area contributed by atoms with Crippen molar-refractivity contribution in [1.29, 1.82) is 0 Å². The number of nitrogens with zero attached hydrogens (tertiary/aromatic N) is 1. The molecule has 1 heterocycles. The molecular weight excluding hydrogens is 295 g/mol. The molecule has 1 aliphatic carbocycles. The first-order chi connectivity index (χ1) is 9.18. The Morgan fingerprint density at radius 1 is 1.30 bits per heavy atom. The summed E-state index contributed by atoms with van der Waals surface area (Å²) in [6.07, 6.45) is -2.70. The molecule has 0 radical (unpaired) electrons. The van der Waals surface area contributed by atoms with Crippen molar-refractivity contribution < 1.29 is 21.6 Å². The largest absolute Gasteiger partial charge is 0.391 e. The molecule has 0 unspecified atom stereocenters. The smallest absolute Gasteiger partial charge is 0.332 e. The van der Waals surface area contributed by atoms with Gasteiger partial charge >= 0.3 is 6.18 Å². The van der Waals surface area contributed by atoms with Crippen LogP contribution < -0.4 is 4.72 Å². The zero-order valence-corrected chi connectivity index (χ0v) is 11.7. The molecule has 1 aliphatic rings. The summed E-state index contributed by atoms with van der Waals surface area (Å²) in [5.41, 5.74) is 0. The van der Waals surface area contributed by atoms with E-state index in [1.54, 1.807) is 6.92 Å². The molecule has 0 atom stereocenters. The van der Waals surface area contributed by atoms with E-state index in [4.69, 9.17) is 0 Å². The molecule has 5 nitrogen and oxygen atoms in total. The fourth-order valence-electron chi connectivity index (χ4n) is 2.36. The predicted octanol–water partition coefficient (Wildman–Crippen LogP) is 2.12. The number of H-pyrrole nitrogens is 1. The Bertz CT molecular complexity index is 560. The minimum Gasteiger partial charge on any atom is -0.332 e. The third-order valence-corrected chi connectivity index (χ3v) is 4.91. The van der Waals surface area contributed by atoms with Gasteiger partial charge in [0.2, 0.25) is 0 Å². The van der Waals surface area contributed by atoms with E-state index in [1.807, 2.05) is 0 Å². The van der Waals surface area contributed by atoms with Crippen LogP contribution in [-0.4, -0.2) is 30.6 Å². The van der Waals surface area contributed by atoms with Crippen LogP contribution in [0.15, 0.2) is 11.2 Å². The Morgan fingerprint density at radius 3 is 2.35 bits per heavy atom. The Kier molecular flexibility index (Phi) is 4.10. The molecule has 0 saturated heterocycles. The summed E-state index contributed by atoms with van der Waals surface area (Å²) in [5.74, 6) is -0.858. The highest BCUT2D eigenvalue weighted by Gasteiger charge is 2.41. The number of aromatic amines is 1. The van der Waals surface area contributed by atoms with Crippen molar-refractivity contribution in [2.45, 2.75) is 49.9 Å². The van der Waals surface area contributed by atoms with Crippen molar-refractivity contribution in [2.75, 3.05) is 0 Å². The van der Waals surface area contributed by atoms with Gasteiger partial charge < -0.3 is 4.98 Å². The molecule has 1 aromatic rings. The molecule has 2 N–H and O–H groups in total. The lowest BCUT2D eigenvalue weighted by Gasteiger charge is -2.29. The second kappa shape index (κ2) is 5.36. The third-order valence-electron chi connectivity index (χ3n) is 3.48. The van der Waals surface area contributed by atoms with Gasteiger partial charge in [-0.3, -0.25) is 0 Å². The quantitative estimate of drug-likeness (QED) is 0.898. The first-order valence-corrected chi connectivity index (χ1v) is 7.77. The van der Waals surface area contributed by atoms with Gasteiger partial charge in [-0.2, -0.15) is 13.2 Å². The number of hydrogen-bond donors (Lipinski definition) is 2. The Morgan fingerprint density at radius 2 is 1.90 bits per heavy atom. The number of alkyl halides is 3. The molecule has 114 valence electrons. The lowest BCUT2D eigenvalue weighted by atomic mass is 9.86. The van der Waals surface area contributed by atoms with E-state index >= 15 is 0 Å². The van der Waals surface area contributed by atoms with Gasteiger partial charge in [0.25, 0.3) is 10.0 Å². The van der Waals surface area contributed by atoms with Crippen molar-refractivity contribution in [3.05, 3.63) is 12.0 Å². The Balaban J connectivity index is 1.96. The van der Waals surface area contributed by atoms with Gasteiger partial charge in [0.15, 0.2) is 5.03 Å². The van der Waals surface area contributed by atoms with E-state index in [0.717, 1.165) is 0 Å². The fourth-order valence-corrected chi connectivity index (χ4v) is 3.63. The number of aryl methyl sites for hydroxylation is 1. The Hall–Kier alpha value is -1.09. The number of halogens is 3. The highest BCUT2D eigenvalue weighted by molar-refractivity contribution is 7.89. The molecule has 2 rings (SSSR count). The molecule has 9 heteroatoms. The van der Waals surface area contributed by atoms with Crippen LogP contribution in [0.4, 0.5) is 13.2 Å². The van der Waals surface area contributed by atoms with E-state index < -0.39 is 28.2 Å². The highest BCUT2D eigenvalue weighted by atomic mass is 32.2. The van der Waals surface area contributed by atoms with E-state index in [2.05, 4.69) is 14.7 Å². The van der Waals surface area contributed by atoms with Crippen molar-refractivity contribution >= 4 is 10.0 Å². The molecular formula is C11H16F3N3O2S. The van der Waals surface area contributed by atoms with Gasteiger partial charge in [-0.25, -0.2) is 18.1 Å². The van der Waals surface area contributed by atoms with Crippen molar-refractivity contribution in [2.24, 2.45) is 5.92 Å². The minimum absolute atomic E-state index is 0.0430. The molecule has 1 saturated carbocycles. The number of aromatic nitrogens is 2. The third kappa shape index (κ3) is 3.51. The van der Waals surface area contributed by atoms with Crippen molar-refractivity contribution in [3.8, 4) is 0 Å². The first kappa shape index (κ1) is 15.3. The lowest BCUT2D eigenvalue weighted by molar-refractivity contribution is -0.182. The van der Waals surface area contributed by atoms with Crippen LogP contribution >= 0.6 is 0 Å². The van der Waals surface area contributed by atoms with Crippen LogP contribution in [0.5, 0.6) is 0 Å². The van der Waals surface area contributed by atoms with Gasteiger partial charge in [-0.05, 0) is 32.6 Å². The van der Waals surface area contributed by atoms with Gasteiger partial charge in [0, 0.05) is 6.04 Å². The van der Waals surface area contributed by atoms with Gasteiger partial charge in [0.1, 0.15) is 5.82 Å². The summed E-state index contributed by atoms with van der Waals surface area (Å²) >= 11 is 0. The predicted molar refractivity (Wildman–Crippen MR) is 65.4 cm³/mol. The lowest BCUT2D eigenvalue weighted by Crippen LogP contribution is -2.40. The molecule has 1 fully saturated rings. The molecule has 0 aromatic carbocycles. The molecule has 0 spiro atoms. The van der Waals surface area contributed by atoms with Crippen LogP contribution in [0.3, 0.4) is 0 Å². The van der Waals surface area contributed by atoms with E-state index in [1.165, 1.54) is 6.20 Å². The maximum absolute atomic E-state index is 12.5. The maximum atomic E-state index is 12.5. The van der Waals surface area contributed by atoms with Crippen molar-refractivity contribution in [1.82, 2.24) is 14.7 Å². The van der Waals surface area contributed by atoms with Crippen molar-refractivity contribution in [3.63, 3.8) is 0 Å². The van der Waals surface area contributed by atoms with Gasteiger partial charge in [0.05, 0.1) is 12.1 Å². The summed E-state index contributed by atoms with van der Waals surface area (Å²) < 4.78 is 64.0. The van der Waals surface area contributed by atoms with Gasteiger partial charge in [-0.1, -0.05) is 0 Å². The summed E-state index contributed by atoms with van der Waals surface area (Å²) in [4.78, 5) is 6.39. The first-order valence-electron chi connectivity index (χ1n) is 6.29. The summed E-state index contributed by atoms with van der Waals surface area (Å²) in [7, 11) is -3.74. The molecule has 0 bridgehead atoms. The average molecular weight is 311 g/mol. The van der Waals surface area contributed by atoms with Crippen LogP contribution in [0.25, 0.3) is 0 Å². The minimum atomic E-state index is -4.19. The van der Waals surface area contributed by atoms with E-state index in [9.17, 15) is 21.6 Å². The van der Waals surface area contributed by atoms with Crippen LogP contribution in [-0.2, 0) is 10.0 Å². The maximum Gasteiger partial charge on any atom is 0.391 e. The molecule has 0 amide bonds. The normalized spacial score (nSPS) is 24.8. The monoisotopic (exact) mass is 311 g/mol. The summed E-state index contributed by atoms with van der Waals surface area (Å²) in [6, 6.07) is -0.456. The number of hydrogen-bond acceptors (Lipinski definition) is 3. The zero-order valence-electron chi connectivity index (χ0n) is 10.9. The fraction of sp³-hybridized carbons (Fsp3) is 0.727.